The van der Waals surface area contributed by atoms with Crippen LogP contribution < -0.4 is 5.32 Å². The van der Waals surface area contributed by atoms with Crippen LogP contribution in [-0.2, 0) is 0 Å². The topological polar surface area (TPSA) is 101 Å². The van der Waals surface area contributed by atoms with Crippen LogP contribution in [0.1, 0.15) is 0 Å². The first-order valence-electron chi connectivity index (χ1n) is 4.68. The molecule has 1 rings (SSSR count). The predicted molar refractivity (Wildman–Crippen MR) is 59.0 cm³/mol. The van der Waals surface area contributed by atoms with E-state index < -0.39 is 4.92 Å². The van der Waals surface area contributed by atoms with Gasteiger partial charge in [-0.05, 0) is 6.07 Å². The van der Waals surface area contributed by atoms with Crippen molar-refractivity contribution >= 4 is 17.7 Å². The van der Waals surface area contributed by atoms with Crippen molar-refractivity contribution in [3.63, 3.8) is 0 Å². The number of nitrogens with zero attached hydrogens (tertiary/aromatic N) is 3. The van der Waals surface area contributed by atoms with Crippen LogP contribution in [0.25, 0.3) is 0 Å². The smallest absolute Gasteiger partial charge is 0.287 e. The summed E-state index contributed by atoms with van der Waals surface area (Å²) in [6.07, 6.45) is 2.75. The zero-order valence-corrected chi connectivity index (χ0v) is 8.54. The number of aliphatic hydroxyl groups excluding tert-OH is 1. The van der Waals surface area contributed by atoms with Crippen molar-refractivity contribution in [3.05, 3.63) is 28.4 Å². The van der Waals surface area contributed by atoms with E-state index in [1.165, 1.54) is 12.1 Å². The molecule has 0 saturated carbocycles. The quantitative estimate of drug-likeness (QED) is 0.312. The molecule has 1 aromatic heterocycles. The van der Waals surface area contributed by atoms with Gasteiger partial charge in [-0.3, -0.25) is 10.1 Å². The lowest BCUT2D eigenvalue weighted by molar-refractivity contribution is -0.385. The lowest BCUT2D eigenvalue weighted by Gasteiger charge is -1.95. The summed E-state index contributed by atoms with van der Waals surface area (Å²) >= 11 is 0. The zero-order valence-electron chi connectivity index (χ0n) is 8.54. The molecule has 0 saturated heterocycles. The van der Waals surface area contributed by atoms with Crippen molar-refractivity contribution in [2.24, 2.45) is 4.99 Å². The fourth-order valence-corrected chi connectivity index (χ4v) is 0.947. The molecule has 1 aromatic rings. The van der Waals surface area contributed by atoms with Crippen LogP contribution in [0.2, 0.25) is 0 Å². The number of hydrogen-bond acceptors (Lipinski definition) is 6. The van der Waals surface area contributed by atoms with Crippen molar-refractivity contribution in [3.8, 4) is 0 Å². The molecule has 7 nitrogen and oxygen atoms in total. The second-order valence-electron chi connectivity index (χ2n) is 2.87. The molecule has 0 spiro atoms. The van der Waals surface area contributed by atoms with Gasteiger partial charge in [0.25, 0.3) is 5.69 Å². The summed E-state index contributed by atoms with van der Waals surface area (Å²) in [6.45, 7) is 1.09. The summed E-state index contributed by atoms with van der Waals surface area (Å²) in [5.41, 5.74) is -0.0580. The number of rotatable bonds is 6. The highest BCUT2D eigenvalue weighted by molar-refractivity contribution is 5.63. The monoisotopic (exact) mass is 224 g/mol. The van der Waals surface area contributed by atoms with Crippen molar-refractivity contribution < 1.29 is 10.0 Å². The largest absolute Gasteiger partial charge is 0.395 e. The van der Waals surface area contributed by atoms with Gasteiger partial charge in [-0.1, -0.05) is 0 Å². The molecule has 0 fully saturated rings. The molecular formula is C9H12N4O3. The van der Waals surface area contributed by atoms with Crippen LogP contribution in [0.3, 0.4) is 0 Å². The molecule has 0 aliphatic rings. The zero-order chi connectivity index (χ0) is 11.8. The Morgan fingerprint density at radius 2 is 2.44 bits per heavy atom. The van der Waals surface area contributed by atoms with E-state index in [2.05, 4.69) is 15.3 Å². The Morgan fingerprint density at radius 3 is 3.00 bits per heavy atom. The molecule has 86 valence electrons. The summed E-state index contributed by atoms with van der Waals surface area (Å²) in [6, 6.07) is 2.82. The average molecular weight is 224 g/mol. The Balaban J connectivity index is 2.45. The molecule has 0 aliphatic carbocycles. The maximum atomic E-state index is 10.3. The summed E-state index contributed by atoms with van der Waals surface area (Å²) in [4.78, 5) is 17.6. The van der Waals surface area contributed by atoms with Crippen molar-refractivity contribution in [1.29, 1.82) is 0 Å². The third-order valence-corrected chi connectivity index (χ3v) is 1.69. The molecule has 0 aliphatic heterocycles. The lowest BCUT2D eigenvalue weighted by Crippen LogP contribution is -2.19. The number of aliphatic imine (C=N–C) groups is 1. The number of hydrogen-bond donors (Lipinski definition) is 2. The summed E-state index contributed by atoms with van der Waals surface area (Å²) in [7, 11) is 0. The first kappa shape index (κ1) is 12.2. The third-order valence-electron chi connectivity index (χ3n) is 1.69. The summed E-state index contributed by atoms with van der Waals surface area (Å²) in [5, 5.41) is 21.7. The van der Waals surface area contributed by atoms with Gasteiger partial charge in [0.2, 0.25) is 0 Å². The van der Waals surface area contributed by atoms with E-state index in [-0.39, 0.29) is 12.3 Å². The van der Waals surface area contributed by atoms with Crippen LogP contribution in [0.15, 0.2) is 23.3 Å². The van der Waals surface area contributed by atoms with Gasteiger partial charge in [0.15, 0.2) is 5.82 Å². The highest BCUT2D eigenvalue weighted by atomic mass is 16.6. The van der Waals surface area contributed by atoms with E-state index in [4.69, 9.17) is 5.11 Å². The van der Waals surface area contributed by atoms with E-state index in [9.17, 15) is 10.1 Å². The first-order chi connectivity index (χ1) is 7.74. The lowest BCUT2D eigenvalue weighted by atomic mass is 10.4. The molecule has 2 N–H and O–H groups in total. The maximum absolute atomic E-state index is 10.3. The van der Waals surface area contributed by atoms with Crippen LogP contribution in [0.5, 0.6) is 0 Å². The summed E-state index contributed by atoms with van der Waals surface area (Å²) < 4.78 is 0. The fraction of sp³-hybridized carbons (Fsp3) is 0.333. The standard InChI is InChI=1S/C9H12N4O3/c14-6-5-10-3-4-11-9-2-1-8(7-12-9)13(15)16/h1-2,4,7,10,14H,3,5-6H2. The second kappa shape index (κ2) is 6.59. The number of pyridine rings is 1. The highest BCUT2D eigenvalue weighted by Gasteiger charge is 2.03. The van der Waals surface area contributed by atoms with Crippen LogP contribution >= 0.6 is 0 Å². The molecule has 0 bridgehead atoms. The number of nitro groups is 1. The Kier molecular flexibility index (Phi) is 5.03. The Morgan fingerprint density at radius 1 is 1.62 bits per heavy atom. The van der Waals surface area contributed by atoms with Gasteiger partial charge in [-0.15, -0.1) is 0 Å². The van der Waals surface area contributed by atoms with E-state index >= 15 is 0 Å². The van der Waals surface area contributed by atoms with Crippen molar-refractivity contribution in [1.82, 2.24) is 10.3 Å². The highest BCUT2D eigenvalue weighted by Crippen LogP contribution is 2.13. The third kappa shape index (κ3) is 4.11. The molecule has 0 unspecified atom stereocenters. The van der Waals surface area contributed by atoms with Crippen molar-refractivity contribution in [2.75, 3.05) is 19.7 Å². The van der Waals surface area contributed by atoms with E-state index in [1.807, 2.05) is 0 Å². The predicted octanol–water partition coefficient (Wildman–Crippen LogP) is 0.274. The normalized spacial score (nSPS) is 10.8. The van der Waals surface area contributed by atoms with Gasteiger partial charge >= 0.3 is 0 Å². The molecule has 1 heterocycles. The molecule has 0 aromatic carbocycles. The van der Waals surface area contributed by atoms with E-state index in [1.54, 1.807) is 6.21 Å². The minimum atomic E-state index is -0.511. The fourth-order valence-electron chi connectivity index (χ4n) is 0.947. The van der Waals surface area contributed by atoms with Crippen LogP contribution in [0.4, 0.5) is 11.5 Å². The van der Waals surface area contributed by atoms with Gasteiger partial charge in [0.1, 0.15) is 6.20 Å². The molecule has 0 atom stereocenters. The molecule has 7 heteroatoms. The van der Waals surface area contributed by atoms with Crippen LogP contribution in [-0.4, -0.2) is 40.9 Å². The molecule has 16 heavy (non-hydrogen) atoms. The van der Waals surface area contributed by atoms with E-state index in [0.29, 0.717) is 18.9 Å². The average Bonchev–Trinajstić information content (AvgIpc) is 2.29. The van der Waals surface area contributed by atoms with E-state index in [0.717, 1.165) is 6.20 Å². The minimum absolute atomic E-state index is 0.0580. The van der Waals surface area contributed by atoms with Gasteiger partial charge in [0.05, 0.1) is 11.5 Å². The first-order valence-corrected chi connectivity index (χ1v) is 4.68. The van der Waals surface area contributed by atoms with Crippen LogP contribution in [0, 0.1) is 10.1 Å². The minimum Gasteiger partial charge on any atom is -0.395 e. The number of aliphatic hydroxyl groups is 1. The maximum Gasteiger partial charge on any atom is 0.287 e. The number of nitrogens with one attached hydrogen (secondary N) is 1. The Hall–Kier alpha value is -1.86. The van der Waals surface area contributed by atoms with Gasteiger partial charge < -0.3 is 10.4 Å². The van der Waals surface area contributed by atoms with Gasteiger partial charge in [-0.2, -0.15) is 0 Å². The molecular weight excluding hydrogens is 212 g/mol. The summed E-state index contributed by atoms with van der Waals surface area (Å²) in [5.74, 6) is 0.413. The Bertz CT molecular complexity index is 364. The van der Waals surface area contributed by atoms with Crippen molar-refractivity contribution in [2.45, 2.75) is 0 Å². The van der Waals surface area contributed by atoms with Gasteiger partial charge in [0, 0.05) is 25.4 Å². The molecule has 0 radical (unpaired) electrons. The SMILES string of the molecule is O=[N+]([O-])c1ccc(N=CCNCCO)nc1. The van der Waals surface area contributed by atoms with Gasteiger partial charge in [-0.25, -0.2) is 9.98 Å². The molecule has 0 amide bonds. The Labute approximate surface area is 92.0 Å². The number of aromatic nitrogens is 1. The second-order valence-corrected chi connectivity index (χ2v) is 2.87.